The minimum absolute atomic E-state index is 0.191. The summed E-state index contributed by atoms with van der Waals surface area (Å²) in [6.45, 7) is 0. The summed E-state index contributed by atoms with van der Waals surface area (Å²) in [6, 6.07) is 7.40. The summed E-state index contributed by atoms with van der Waals surface area (Å²) in [4.78, 5) is 11.7. The maximum Gasteiger partial charge on any atom is 0.416 e. The molecule has 0 aliphatic carbocycles. The van der Waals surface area contributed by atoms with Gasteiger partial charge < -0.3 is 4.42 Å². The molecule has 0 radical (unpaired) electrons. The van der Waals surface area contributed by atoms with Gasteiger partial charge in [-0.1, -0.05) is 12.1 Å². The minimum Gasteiger partial charge on any atom is -0.465 e. The van der Waals surface area contributed by atoms with Crippen LogP contribution in [-0.2, 0) is 6.18 Å². The third-order valence-corrected chi connectivity index (χ3v) is 2.44. The Kier molecular flexibility index (Phi) is 3.55. The predicted molar refractivity (Wildman–Crippen MR) is 63.5 cm³/mol. The van der Waals surface area contributed by atoms with Crippen LogP contribution in [-0.4, -0.2) is 5.78 Å². The monoisotopic (exact) mass is 266 g/mol. The molecule has 2 nitrogen and oxygen atoms in total. The van der Waals surface area contributed by atoms with Gasteiger partial charge in [0.15, 0.2) is 5.78 Å². The number of ketones is 1. The van der Waals surface area contributed by atoms with Gasteiger partial charge in [0.25, 0.3) is 0 Å². The largest absolute Gasteiger partial charge is 0.465 e. The fourth-order valence-corrected chi connectivity index (χ4v) is 1.46. The molecule has 98 valence electrons. The number of allylic oxidation sites excluding steroid dienone is 1. The molecular weight excluding hydrogens is 257 g/mol. The standard InChI is InChI=1S/C14H9F3O2/c15-14(16,17)11-5-3-10(4-6-11)13(18)8-7-12-2-1-9-19-12/h1-9H/b8-7+. The first-order valence-corrected chi connectivity index (χ1v) is 5.40. The average molecular weight is 266 g/mol. The molecule has 19 heavy (non-hydrogen) atoms. The molecule has 0 aliphatic rings. The van der Waals surface area contributed by atoms with Crippen molar-refractivity contribution in [3.8, 4) is 0 Å². The maximum absolute atomic E-state index is 12.3. The molecule has 0 fully saturated rings. The SMILES string of the molecule is O=C(/C=C/c1ccco1)c1ccc(C(F)(F)F)cc1. The van der Waals surface area contributed by atoms with Crippen LogP contribution in [0.1, 0.15) is 21.7 Å². The van der Waals surface area contributed by atoms with Crippen molar-refractivity contribution in [2.75, 3.05) is 0 Å². The van der Waals surface area contributed by atoms with E-state index in [1.165, 1.54) is 18.4 Å². The number of halogens is 3. The molecule has 0 N–H and O–H groups in total. The van der Waals surface area contributed by atoms with E-state index in [0.29, 0.717) is 5.76 Å². The summed E-state index contributed by atoms with van der Waals surface area (Å²) < 4.78 is 42.0. The van der Waals surface area contributed by atoms with E-state index in [2.05, 4.69) is 0 Å². The highest BCUT2D eigenvalue weighted by Gasteiger charge is 2.30. The molecule has 1 aromatic carbocycles. The van der Waals surface area contributed by atoms with E-state index < -0.39 is 11.7 Å². The van der Waals surface area contributed by atoms with Crippen molar-refractivity contribution in [2.45, 2.75) is 6.18 Å². The molecule has 1 heterocycles. The van der Waals surface area contributed by atoms with Crippen molar-refractivity contribution in [3.63, 3.8) is 0 Å². The predicted octanol–water partition coefficient (Wildman–Crippen LogP) is 4.19. The van der Waals surface area contributed by atoms with Crippen LogP contribution in [0.15, 0.2) is 53.2 Å². The van der Waals surface area contributed by atoms with E-state index in [9.17, 15) is 18.0 Å². The third-order valence-electron chi connectivity index (χ3n) is 2.44. The van der Waals surface area contributed by atoms with Crippen LogP contribution in [0, 0.1) is 0 Å². The Hall–Kier alpha value is -2.30. The lowest BCUT2D eigenvalue weighted by molar-refractivity contribution is -0.137. The highest BCUT2D eigenvalue weighted by molar-refractivity contribution is 6.06. The number of benzene rings is 1. The molecule has 0 bridgehead atoms. The van der Waals surface area contributed by atoms with E-state index >= 15 is 0 Å². The Labute approximate surface area is 107 Å². The summed E-state index contributed by atoms with van der Waals surface area (Å²) in [6.07, 6.45) is -0.227. The van der Waals surface area contributed by atoms with Crippen molar-refractivity contribution in [1.29, 1.82) is 0 Å². The molecule has 0 aliphatic heterocycles. The van der Waals surface area contributed by atoms with E-state index in [1.54, 1.807) is 12.1 Å². The summed E-state index contributed by atoms with van der Waals surface area (Å²) in [5.41, 5.74) is -0.588. The summed E-state index contributed by atoms with van der Waals surface area (Å²) in [5.74, 6) is 0.116. The van der Waals surface area contributed by atoms with Gasteiger partial charge in [-0.25, -0.2) is 0 Å². The first-order chi connectivity index (χ1) is 8.97. The average Bonchev–Trinajstić information content (AvgIpc) is 2.88. The van der Waals surface area contributed by atoms with Crippen LogP contribution < -0.4 is 0 Å². The number of hydrogen-bond acceptors (Lipinski definition) is 2. The lowest BCUT2D eigenvalue weighted by Gasteiger charge is -2.06. The van der Waals surface area contributed by atoms with E-state index in [0.717, 1.165) is 24.3 Å². The van der Waals surface area contributed by atoms with Gasteiger partial charge in [0.05, 0.1) is 11.8 Å². The molecule has 0 spiro atoms. The molecule has 0 saturated heterocycles. The van der Waals surface area contributed by atoms with E-state index in [1.807, 2.05) is 0 Å². The Morgan fingerprint density at radius 3 is 2.32 bits per heavy atom. The molecule has 0 atom stereocenters. The van der Waals surface area contributed by atoms with Crippen LogP contribution in [0.3, 0.4) is 0 Å². The van der Waals surface area contributed by atoms with Crippen molar-refractivity contribution in [3.05, 3.63) is 65.6 Å². The molecule has 0 saturated carbocycles. The smallest absolute Gasteiger partial charge is 0.416 e. The molecule has 1 aromatic heterocycles. The van der Waals surface area contributed by atoms with Crippen LogP contribution >= 0.6 is 0 Å². The van der Waals surface area contributed by atoms with Gasteiger partial charge in [0.2, 0.25) is 0 Å². The number of carbonyl (C=O) groups is 1. The Morgan fingerprint density at radius 1 is 1.11 bits per heavy atom. The summed E-state index contributed by atoms with van der Waals surface area (Å²) in [5, 5.41) is 0. The zero-order valence-electron chi connectivity index (χ0n) is 9.65. The van der Waals surface area contributed by atoms with Crippen LogP contribution in [0.25, 0.3) is 6.08 Å². The zero-order valence-corrected chi connectivity index (χ0v) is 9.65. The fraction of sp³-hybridized carbons (Fsp3) is 0.0714. The number of furan rings is 1. The van der Waals surface area contributed by atoms with Gasteiger partial charge in [-0.05, 0) is 36.4 Å². The maximum atomic E-state index is 12.3. The Balaban J connectivity index is 2.12. The summed E-state index contributed by atoms with van der Waals surface area (Å²) in [7, 11) is 0. The van der Waals surface area contributed by atoms with Gasteiger partial charge in [-0.2, -0.15) is 13.2 Å². The third kappa shape index (κ3) is 3.34. The quantitative estimate of drug-likeness (QED) is 0.615. The second-order valence-electron chi connectivity index (χ2n) is 3.79. The number of hydrogen-bond donors (Lipinski definition) is 0. The second-order valence-corrected chi connectivity index (χ2v) is 3.79. The Bertz CT molecular complexity index is 578. The van der Waals surface area contributed by atoms with Crippen LogP contribution in [0.4, 0.5) is 13.2 Å². The van der Waals surface area contributed by atoms with Gasteiger partial charge in [0.1, 0.15) is 5.76 Å². The van der Waals surface area contributed by atoms with Crippen LogP contribution in [0.5, 0.6) is 0 Å². The van der Waals surface area contributed by atoms with Gasteiger partial charge in [-0.15, -0.1) is 0 Å². The van der Waals surface area contributed by atoms with Crippen molar-refractivity contribution >= 4 is 11.9 Å². The van der Waals surface area contributed by atoms with E-state index in [4.69, 9.17) is 4.42 Å². The molecule has 0 amide bonds. The molecule has 0 unspecified atom stereocenters. The first kappa shape index (κ1) is 13.1. The topological polar surface area (TPSA) is 30.2 Å². The fourth-order valence-electron chi connectivity index (χ4n) is 1.46. The number of carbonyl (C=O) groups excluding carboxylic acids is 1. The van der Waals surface area contributed by atoms with Crippen molar-refractivity contribution < 1.29 is 22.4 Å². The molecule has 2 aromatic rings. The normalized spacial score (nSPS) is 11.9. The highest BCUT2D eigenvalue weighted by Crippen LogP contribution is 2.29. The van der Waals surface area contributed by atoms with Gasteiger partial charge in [0, 0.05) is 5.56 Å². The highest BCUT2D eigenvalue weighted by atomic mass is 19.4. The molecule has 5 heteroatoms. The number of alkyl halides is 3. The van der Waals surface area contributed by atoms with E-state index in [-0.39, 0.29) is 11.3 Å². The van der Waals surface area contributed by atoms with Crippen LogP contribution in [0.2, 0.25) is 0 Å². The first-order valence-electron chi connectivity index (χ1n) is 5.40. The summed E-state index contributed by atoms with van der Waals surface area (Å²) >= 11 is 0. The minimum atomic E-state index is -4.40. The lowest BCUT2D eigenvalue weighted by atomic mass is 10.1. The second kappa shape index (κ2) is 5.14. The molecular formula is C14H9F3O2. The van der Waals surface area contributed by atoms with Gasteiger partial charge >= 0.3 is 6.18 Å². The zero-order chi connectivity index (χ0) is 13.9. The molecule has 2 rings (SSSR count). The number of rotatable bonds is 3. The van der Waals surface area contributed by atoms with Gasteiger partial charge in [-0.3, -0.25) is 4.79 Å². The van der Waals surface area contributed by atoms with Crippen molar-refractivity contribution in [2.24, 2.45) is 0 Å². The van der Waals surface area contributed by atoms with Crippen molar-refractivity contribution in [1.82, 2.24) is 0 Å². The lowest BCUT2D eigenvalue weighted by Crippen LogP contribution is -2.05. The Morgan fingerprint density at radius 2 is 1.79 bits per heavy atom.